The number of aryl methyl sites for hydroxylation is 1. The Balaban J connectivity index is 2.24. The summed E-state index contributed by atoms with van der Waals surface area (Å²) >= 11 is 6.35. The number of nitrogens with one attached hydrogen (secondary N) is 1. The minimum absolute atomic E-state index is 0.132. The van der Waals surface area contributed by atoms with Crippen molar-refractivity contribution in [2.75, 3.05) is 19.1 Å². The molecule has 1 heterocycles. The number of H-pyrrole nitrogens is 1. The van der Waals surface area contributed by atoms with Crippen LogP contribution >= 0.6 is 11.6 Å². The highest BCUT2D eigenvalue weighted by Gasteiger charge is 2.25. The first-order valence-corrected chi connectivity index (χ1v) is 8.19. The predicted octanol–water partition coefficient (Wildman–Crippen LogP) is 3.48. The number of methoxy groups -OCH3 is 1. The Kier molecular flexibility index (Phi) is 4.61. The first-order valence-electron chi connectivity index (χ1n) is 7.82. The van der Waals surface area contributed by atoms with Gasteiger partial charge in [0.15, 0.2) is 0 Å². The number of amides is 1. The molecule has 6 nitrogen and oxygen atoms in total. The topological polar surface area (TPSA) is 82.6 Å². The summed E-state index contributed by atoms with van der Waals surface area (Å²) in [6.45, 7) is 1.77. The fraction of sp³-hybridized carbons (Fsp3) is 0.158. The molecule has 7 heteroatoms. The van der Waals surface area contributed by atoms with E-state index in [0.29, 0.717) is 22.5 Å². The maximum absolute atomic E-state index is 12.8. The number of anilines is 1. The zero-order chi connectivity index (χ0) is 19.0. The molecule has 0 saturated heterocycles. The number of pyridine rings is 1. The summed E-state index contributed by atoms with van der Waals surface area (Å²) < 4.78 is 5.26. The van der Waals surface area contributed by atoms with E-state index in [1.165, 1.54) is 19.1 Å². The van der Waals surface area contributed by atoms with Crippen LogP contribution < -0.4 is 15.2 Å². The number of hydrogen-bond donors (Lipinski definition) is 2. The highest BCUT2D eigenvalue weighted by atomic mass is 35.5. The maximum Gasteiger partial charge on any atom is 0.267 e. The van der Waals surface area contributed by atoms with Gasteiger partial charge in [0.05, 0.1) is 23.0 Å². The molecule has 0 fully saturated rings. The third-order valence-electron chi connectivity index (χ3n) is 4.22. The van der Waals surface area contributed by atoms with Crippen LogP contribution in [-0.2, 0) is 0 Å². The van der Waals surface area contributed by atoms with Gasteiger partial charge in [0.25, 0.3) is 11.5 Å². The van der Waals surface area contributed by atoms with Crippen LogP contribution in [0, 0.1) is 6.92 Å². The number of carbonyl (C=O) groups excluding carboxylic acids is 1. The molecule has 2 N–H and O–H groups in total. The number of fused-ring (bicyclic) bond motifs is 1. The van der Waals surface area contributed by atoms with E-state index in [9.17, 15) is 14.7 Å². The summed E-state index contributed by atoms with van der Waals surface area (Å²) in [4.78, 5) is 29.2. The minimum Gasteiger partial charge on any atom is -0.506 e. The molecule has 0 radical (unpaired) electrons. The molecule has 2 aromatic carbocycles. The molecule has 0 aliphatic carbocycles. The summed E-state index contributed by atoms with van der Waals surface area (Å²) in [5.41, 5.74) is 0.541. The Labute approximate surface area is 154 Å². The van der Waals surface area contributed by atoms with Crippen molar-refractivity contribution in [3.63, 3.8) is 0 Å². The Hall–Kier alpha value is -2.99. The fourth-order valence-electron chi connectivity index (χ4n) is 2.89. The minimum atomic E-state index is -0.691. The van der Waals surface area contributed by atoms with Gasteiger partial charge in [0, 0.05) is 12.7 Å². The highest BCUT2D eigenvalue weighted by molar-refractivity contribution is 6.38. The lowest BCUT2D eigenvalue weighted by Gasteiger charge is -2.18. The third kappa shape index (κ3) is 2.78. The molecule has 0 aliphatic heterocycles. The van der Waals surface area contributed by atoms with E-state index in [1.807, 2.05) is 6.07 Å². The van der Waals surface area contributed by atoms with Crippen molar-refractivity contribution in [3.8, 4) is 11.5 Å². The Bertz CT molecular complexity index is 1060. The summed E-state index contributed by atoms with van der Waals surface area (Å²) in [5, 5.41) is 11.0. The van der Waals surface area contributed by atoms with Gasteiger partial charge in [-0.05, 0) is 30.7 Å². The predicted molar refractivity (Wildman–Crippen MR) is 102 cm³/mol. The molecule has 26 heavy (non-hydrogen) atoms. The van der Waals surface area contributed by atoms with Gasteiger partial charge >= 0.3 is 0 Å². The number of aromatic amines is 1. The molecule has 0 aliphatic rings. The second-order valence-corrected chi connectivity index (χ2v) is 6.22. The first kappa shape index (κ1) is 17.8. The SMILES string of the molecule is COc1c(C)cc2[nH]c(=O)c(C(=O)N(C)c3ccccc3)c(O)c2c1Cl. The number of rotatable bonds is 3. The van der Waals surface area contributed by atoms with E-state index in [2.05, 4.69) is 4.98 Å². The van der Waals surface area contributed by atoms with Gasteiger partial charge in [-0.2, -0.15) is 0 Å². The standard InChI is InChI=1S/C19H17ClN2O4/c1-10-9-12-13(15(20)17(10)26-3)16(23)14(18(24)21-12)19(25)22(2)11-7-5-4-6-8-11/h4-9H,1-3H3,(H2,21,23,24). The normalized spacial score (nSPS) is 10.8. The number of carbonyl (C=O) groups is 1. The number of halogens is 1. The molecular weight excluding hydrogens is 356 g/mol. The number of aromatic hydroxyl groups is 1. The largest absolute Gasteiger partial charge is 0.506 e. The Morgan fingerprint density at radius 3 is 2.54 bits per heavy atom. The van der Waals surface area contributed by atoms with E-state index in [4.69, 9.17) is 16.3 Å². The van der Waals surface area contributed by atoms with Crippen LogP contribution in [0.25, 0.3) is 10.9 Å². The van der Waals surface area contributed by atoms with Gasteiger partial charge in [-0.1, -0.05) is 29.8 Å². The van der Waals surface area contributed by atoms with E-state index >= 15 is 0 Å². The van der Waals surface area contributed by atoms with Crippen LogP contribution in [0.15, 0.2) is 41.2 Å². The molecule has 3 aromatic rings. The zero-order valence-corrected chi connectivity index (χ0v) is 15.2. The van der Waals surface area contributed by atoms with Crippen molar-refractivity contribution in [1.29, 1.82) is 0 Å². The average Bonchev–Trinajstić information content (AvgIpc) is 2.61. The van der Waals surface area contributed by atoms with Crippen LogP contribution in [0.3, 0.4) is 0 Å². The Morgan fingerprint density at radius 2 is 1.92 bits per heavy atom. The van der Waals surface area contributed by atoms with Crippen LogP contribution in [0.5, 0.6) is 11.5 Å². The quantitative estimate of drug-likeness (QED) is 0.737. The van der Waals surface area contributed by atoms with Crippen molar-refractivity contribution in [1.82, 2.24) is 4.98 Å². The lowest BCUT2D eigenvalue weighted by molar-refractivity contribution is 0.0989. The van der Waals surface area contributed by atoms with Crippen LogP contribution in [-0.4, -0.2) is 30.2 Å². The van der Waals surface area contributed by atoms with Crippen LogP contribution in [0.4, 0.5) is 5.69 Å². The lowest BCUT2D eigenvalue weighted by Crippen LogP contribution is -2.31. The molecule has 134 valence electrons. The summed E-state index contributed by atoms with van der Waals surface area (Å²) in [6, 6.07) is 10.4. The second-order valence-electron chi connectivity index (χ2n) is 5.84. The summed E-state index contributed by atoms with van der Waals surface area (Å²) in [6.07, 6.45) is 0. The summed E-state index contributed by atoms with van der Waals surface area (Å²) in [5.74, 6) is -0.747. The van der Waals surface area contributed by atoms with Crippen molar-refractivity contribution in [3.05, 3.63) is 62.9 Å². The maximum atomic E-state index is 12.8. The molecule has 0 atom stereocenters. The number of nitrogens with zero attached hydrogens (tertiary/aromatic N) is 1. The average molecular weight is 373 g/mol. The second kappa shape index (κ2) is 6.72. The highest BCUT2D eigenvalue weighted by Crippen LogP contribution is 2.40. The van der Waals surface area contributed by atoms with Gasteiger partial charge < -0.3 is 19.7 Å². The van der Waals surface area contributed by atoms with Gasteiger partial charge in [0.1, 0.15) is 17.1 Å². The van der Waals surface area contributed by atoms with Crippen molar-refractivity contribution < 1.29 is 14.6 Å². The molecular formula is C19H17ClN2O4. The van der Waals surface area contributed by atoms with Crippen molar-refractivity contribution in [2.45, 2.75) is 6.92 Å². The number of aromatic nitrogens is 1. The zero-order valence-electron chi connectivity index (χ0n) is 14.5. The lowest BCUT2D eigenvalue weighted by atomic mass is 10.1. The first-order chi connectivity index (χ1) is 12.4. The Morgan fingerprint density at radius 1 is 1.27 bits per heavy atom. The van der Waals surface area contributed by atoms with Crippen molar-refractivity contribution >= 4 is 34.1 Å². The van der Waals surface area contributed by atoms with Gasteiger partial charge in [-0.15, -0.1) is 0 Å². The molecule has 3 rings (SSSR count). The monoisotopic (exact) mass is 372 g/mol. The van der Waals surface area contributed by atoms with E-state index in [0.717, 1.165) is 0 Å². The molecule has 0 unspecified atom stereocenters. The van der Waals surface area contributed by atoms with E-state index < -0.39 is 17.2 Å². The molecule has 1 aromatic heterocycles. The molecule has 0 bridgehead atoms. The van der Waals surface area contributed by atoms with E-state index in [1.54, 1.807) is 37.3 Å². The number of hydrogen-bond acceptors (Lipinski definition) is 4. The number of ether oxygens (including phenoxy) is 1. The van der Waals surface area contributed by atoms with E-state index in [-0.39, 0.29) is 16.0 Å². The third-order valence-corrected chi connectivity index (χ3v) is 4.58. The van der Waals surface area contributed by atoms with Gasteiger partial charge in [-0.3, -0.25) is 9.59 Å². The molecule has 0 spiro atoms. The van der Waals surface area contributed by atoms with Crippen LogP contribution in [0.1, 0.15) is 15.9 Å². The molecule has 1 amide bonds. The fourth-order valence-corrected chi connectivity index (χ4v) is 3.31. The molecule has 0 saturated carbocycles. The van der Waals surface area contributed by atoms with Crippen molar-refractivity contribution in [2.24, 2.45) is 0 Å². The summed E-state index contributed by atoms with van der Waals surface area (Å²) in [7, 11) is 2.98. The van der Waals surface area contributed by atoms with Gasteiger partial charge in [0.2, 0.25) is 0 Å². The smallest absolute Gasteiger partial charge is 0.267 e. The van der Waals surface area contributed by atoms with Gasteiger partial charge in [-0.25, -0.2) is 0 Å². The van der Waals surface area contributed by atoms with Crippen LogP contribution in [0.2, 0.25) is 5.02 Å². The number of para-hydroxylation sites is 1. The number of benzene rings is 2.